The molecule has 286 valence electrons. The first-order valence-corrected chi connectivity index (χ1v) is 17.0. The summed E-state index contributed by atoms with van der Waals surface area (Å²) < 4.78 is 94.0. The molecule has 22 heteroatoms. The molecule has 0 spiro atoms. The average molecular weight is 799 g/mol. The van der Waals surface area contributed by atoms with Crippen molar-refractivity contribution in [2.24, 2.45) is 0 Å². The molecule has 54 heavy (non-hydrogen) atoms. The Kier molecular flexibility index (Phi) is 12.3. The fraction of sp³-hybridized carbons (Fsp3) is 0.281. The number of sulfonamides is 1. The first kappa shape index (κ1) is 40.8. The summed E-state index contributed by atoms with van der Waals surface area (Å²) in [7, 11) is -2.66. The van der Waals surface area contributed by atoms with Crippen molar-refractivity contribution in [3.8, 4) is 29.9 Å². The van der Waals surface area contributed by atoms with E-state index in [0.29, 0.717) is 36.1 Å². The SMILES string of the molecule is C#CC(C)Oc1cc(N2C(=O)C3=C(CCCC3)C2=O)c(F)cc1Cl.COc1cc(OC)nc(NC(=O)NS(=O)(=O)c2nc(C(F)(F)F)ccc2C(=O)O)n1. The zero-order valence-corrected chi connectivity index (χ0v) is 29.7. The number of carboxylic acid groups (broad SMARTS) is 1. The Hall–Kier alpha value is -6.01. The number of amides is 4. The summed E-state index contributed by atoms with van der Waals surface area (Å²) in [6.07, 6.45) is 2.41. The molecule has 1 aliphatic carbocycles. The largest absolute Gasteiger partial charge is 0.481 e. The number of nitrogens with zero attached hydrogens (tertiary/aromatic N) is 4. The molecule has 4 amide bonds. The average Bonchev–Trinajstić information content (AvgIpc) is 3.37. The Morgan fingerprint density at radius 3 is 2.09 bits per heavy atom. The first-order chi connectivity index (χ1) is 25.3. The number of benzene rings is 1. The minimum absolute atomic E-state index is 0.0233. The van der Waals surface area contributed by atoms with E-state index < -0.39 is 74.2 Å². The summed E-state index contributed by atoms with van der Waals surface area (Å²) in [5.74, 6) is -1.67. The van der Waals surface area contributed by atoms with Gasteiger partial charge in [0.05, 0.1) is 36.6 Å². The zero-order chi connectivity index (χ0) is 40.1. The molecule has 0 fully saturated rings. The van der Waals surface area contributed by atoms with Crippen molar-refractivity contribution in [3.63, 3.8) is 0 Å². The van der Waals surface area contributed by atoms with E-state index in [1.54, 1.807) is 6.92 Å². The van der Waals surface area contributed by atoms with Crippen molar-refractivity contribution in [3.05, 3.63) is 63.6 Å². The number of aromatic carboxylic acids is 1. The van der Waals surface area contributed by atoms with Crippen LogP contribution < -0.4 is 29.1 Å². The molecule has 1 unspecified atom stereocenters. The molecule has 0 saturated heterocycles. The number of terminal acetylenes is 1. The summed E-state index contributed by atoms with van der Waals surface area (Å²) in [4.78, 5) is 59.4. The molecule has 1 aromatic carbocycles. The number of halogens is 5. The second-order valence-electron chi connectivity index (χ2n) is 11.0. The van der Waals surface area contributed by atoms with E-state index in [2.05, 4.69) is 20.9 Å². The third-order valence-corrected chi connectivity index (χ3v) is 8.93. The van der Waals surface area contributed by atoms with E-state index in [-0.39, 0.29) is 28.2 Å². The van der Waals surface area contributed by atoms with Crippen LogP contribution >= 0.6 is 11.6 Å². The molecule has 5 rings (SSSR count). The number of alkyl halides is 3. The summed E-state index contributed by atoms with van der Waals surface area (Å²) in [5.41, 5.74) is -1.94. The van der Waals surface area contributed by atoms with Crippen LogP contribution in [0, 0.1) is 18.2 Å². The van der Waals surface area contributed by atoms with Crippen LogP contribution in [0.2, 0.25) is 5.02 Å². The van der Waals surface area contributed by atoms with Crippen LogP contribution in [0.25, 0.3) is 0 Å². The minimum atomic E-state index is -5.14. The maximum absolute atomic E-state index is 14.4. The third kappa shape index (κ3) is 9.13. The molecule has 0 saturated carbocycles. The predicted molar refractivity (Wildman–Crippen MR) is 179 cm³/mol. The highest BCUT2D eigenvalue weighted by molar-refractivity contribution is 7.90. The van der Waals surface area contributed by atoms with Gasteiger partial charge < -0.3 is 19.3 Å². The van der Waals surface area contributed by atoms with Gasteiger partial charge >= 0.3 is 18.2 Å². The van der Waals surface area contributed by atoms with Crippen molar-refractivity contribution in [2.75, 3.05) is 24.4 Å². The number of imide groups is 1. The number of carbonyl (C=O) groups excluding carboxylic acids is 3. The maximum atomic E-state index is 14.4. The van der Waals surface area contributed by atoms with E-state index in [4.69, 9.17) is 37.3 Å². The Balaban J connectivity index is 0.000000246. The second-order valence-corrected chi connectivity index (χ2v) is 13.0. The normalized spacial score (nSPS) is 14.6. The number of carboxylic acids is 1. The van der Waals surface area contributed by atoms with E-state index in [1.807, 2.05) is 5.32 Å². The number of anilines is 2. The molecule has 2 aromatic heterocycles. The van der Waals surface area contributed by atoms with Gasteiger partial charge in [-0.2, -0.15) is 31.6 Å². The monoisotopic (exact) mass is 798 g/mol. The van der Waals surface area contributed by atoms with Gasteiger partial charge in [-0.3, -0.25) is 14.9 Å². The van der Waals surface area contributed by atoms with Crippen molar-refractivity contribution >= 4 is 57.1 Å². The Bertz CT molecular complexity index is 2160. The number of nitrogens with one attached hydrogen (secondary N) is 2. The molecule has 0 bridgehead atoms. The van der Waals surface area contributed by atoms with Crippen molar-refractivity contribution in [1.82, 2.24) is 19.7 Å². The van der Waals surface area contributed by atoms with Crippen LogP contribution in [-0.4, -0.2) is 72.6 Å². The number of carbonyl (C=O) groups is 4. The molecular formula is C32H27ClF4N6O10S. The lowest BCUT2D eigenvalue weighted by molar-refractivity contribution is -0.141. The number of ether oxygens (including phenoxy) is 3. The van der Waals surface area contributed by atoms with Gasteiger partial charge in [0.15, 0.2) is 11.1 Å². The molecular weight excluding hydrogens is 772 g/mol. The smallest absolute Gasteiger partial charge is 0.433 e. The Labute approximate surface area is 308 Å². The van der Waals surface area contributed by atoms with Crippen molar-refractivity contribution in [2.45, 2.75) is 49.9 Å². The molecule has 3 aromatic rings. The van der Waals surface area contributed by atoms with Gasteiger partial charge in [0.2, 0.25) is 17.7 Å². The van der Waals surface area contributed by atoms with Crippen molar-refractivity contribution < 1.29 is 64.5 Å². The Morgan fingerprint density at radius 1 is 1.02 bits per heavy atom. The highest BCUT2D eigenvalue weighted by Crippen LogP contribution is 2.40. The van der Waals surface area contributed by atoms with Gasteiger partial charge in [-0.1, -0.05) is 17.5 Å². The molecule has 3 N–H and O–H groups in total. The number of hydrogen-bond donors (Lipinski definition) is 3. The molecule has 0 radical (unpaired) electrons. The second kappa shape index (κ2) is 16.3. The number of methoxy groups -OCH3 is 2. The van der Waals surface area contributed by atoms with Crippen molar-refractivity contribution in [1.29, 1.82) is 0 Å². The lowest BCUT2D eigenvalue weighted by atomic mass is 9.93. The van der Waals surface area contributed by atoms with Gasteiger partial charge in [-0.05, 0) is 50.8 Å². The van der Waals surface area contributed by atoms with E-state index in [9.17, 15) is 45.2 Å². The number of rotatable bonds is 9. The van der Waals surface area contributed by atoms with Gasteiger partial charge in [-0.25, -0.2) is 28.6 Å². The molecule has 2 aliphatic rings. The van der Waals surface area contributed by atoms with E-state index in [0.717, 1.165) is 23.8 Å². The minimum Gasteiger partial charge on any atom is -0.481 e. The van der Waals surface area contributed by atoms with Crippen LogP contribution in [0.15, 0.2) is 46.5 Å². The summed E-state index contributed by atoms with van der Waals surface area (Å²) in [6, 6.07) is 2.69. The maximum Gasteiger partial charge on any atom is 0.433 e. The lowest BCUT2D eigenvalue weighted by Crippen LogP contribution is -2.36. The van der Waals surface area contributed by atoms with Crippen LogP contribution in [0.1, 0.15) is 48.7 Å². The number of urea groups is 1. The van der Waals surface area contributed by atoms with Gasteiger partial charge in [0, 0.05) is 17.2 Å². The third-order valence-electron chi connectivity index (χ3n) is 7.36. The van der Waals surface area contributed by atoms with E-state index >= 15 is 0 Å². The molecule has 16 nitrogen and oxygen atoms in total. The highest BCUT2D eigenvalue weighted by Gasteiger charge is 2.41. The number of pyridine rings is 1. The fourth-order valence-electron chi connectivity index (χ4n) is 4.90. The number of hydrogen-bond acceptors (Lipinski definition) is 12. The number of aromatic nitrogens is 3. The standard InChI is InChI=1S/C18H15ClFNO3.C14H12F3N5O7S/c1-3-10(2)24-16-9-15(14(20)8-13(16)19)21-17(22)11-6-4-5-7-12(11)18(21)23;1-28-8-5-9(29-2)20-12(19-8)21-13(25)22-30(26,27)10-6(11(23)24)3-4-7(18-10)14(15,16)17/h1,8-10H,4-7H2,2H3;3-5H,1-2H3,(H,23,24)(H2,19,20,21,22,25). The highest BCUT2D eigenvalue weighted by atomic mass is 35.5. The zero-order valence-electron chi connectivity index (χ0n) is 28.1. The van der Waals surface area contributed by atoms with Crippen LogP contribution in [0.3, 0.4) is 0 Å². The fourth-order valence-corrected chi connectivity index (χ4v) is 6.15. The lowest BCUT2D eigenvalue weighted by Gasteiger charge is -2.19. The molecule has 3 heterocycles. The first-order valence-electron chi connectivity index (χ1n) is 15.2. The summed E-state index contributed by atoms with van der Waals surface area (Å²) in [5, 5.41) is 9.46. The van der Waals surface area contributed by atoms with Gasteiger partial charge in [-0.15, -0.1) is 6.42 Å². The van der Waals surface area contributed by atoms with Gasteiger partial charge in [0.25, 0.3) is 21.8 Å². The molecule has 1 atom stereocenters. The quantitative estimate of drug-likeness (QED) is 0.152. The van der Waals surface area contributed by atoms with Crippen LogP contribution in [0.4, 0.5) is 34.0 Å². The summed E-state index contributed by atoms with van der Waals surface area (Å²) in [6.45, 7) is 1.63. The summed E-state index contributed by atoms with van der Waals surface area (Å²) >= 11 is 5.97. The van der Waals surface area contributed by atoms with Crippen LogP contribution in [0.5, 0.6) is 17.5 Å². The Morgan fingerprint density at radius 2 is 1.59 bits per heavy atom. The van der Waals surface area contributed by atoms with Crippen LogP contribution in [-0.2, 0) is 25.8 Å². The van der Waals surface area contributed by atoms with Gasteiger partial charge in [0.1, 0.15) is 17.3 Å². The topological polar surface area (TPSA) is 216 Å². The predicted octanol–water partition coefficient (Wildman–Crippen LogP) is 4.74. The molecule has 1 aliphatic heterocycles. The van der Waals surface area contributed by atoms with E-state index in [1.165, 1.54) is 31.1 Å².